The zero-order valence-electron chi connectivity index (χ0n) is 7.05. The van der Waals surface area contributed by atoms with E-state index in [4.69, 9.17) is 5.73 Å². The van der Waals surface area contributed by atoms with Crippen molar-refractivity contribution < 1.29 is 34.4 Å². The maximum Gasteiger partial charge on any atom is 1.00 e. The largest absolute Gasteiger partial charge is 1.00 e. The fourth-order valence-electron chi connectivity index (χ4n) is 1.22. The molecule has 4 heteroatoms. The van der Waals surface area contributed by atoms with Crippen molar-refractivity contribution >= 4 is 5.91 Å². The summed E-state index contributed by atoms with van der Waals surface area (Å²) in [6, 6.07) is 0. The Morgan fingerprint density at radius 2 is 1.91 bits per heavy atom. The summed E-state index contributed by atoms with van der Waals surface area (Å²) in [7, 11) is 3.77. The Bertz CT molecular complexity index is 132. The van der Waals surface area contributed by atoms with Crippen molar-refractivity contribution in [3.05, 3.63) is 7.05 Å². The van der Waals surface area contributed by atoms with Crippen molar-refractivity contribution in [1.29, 1.82) is 0 Å². The van der Waals surface area contributed by atoms with E-state index in [-0.39, 0.29) is 41.4 Å². The van der Waals surface area contributed by atoms with E-state index < -0.39 is 0 Å². The summed E-state index contributed by atoms with van der Waals surface area (Å²) in [5.74, 6) is -0.0638. The van der Waals surface area contributed by atoms with Crippen molar-refractivity contribution in [1.82, 2.24) is 4.90 Å². The van der Waals surface area contributed by atoms with E-state index in [1.54, 1.807) is 0 Å². The van der Waals surface area contributed by atoms with Crippen LogP contribution in [0.4, 0.5) is 0 Å². The molecule has 0 aliphatic carbocycles. The van der Waals surface area contributed by atoms with Gasteiger partial charge in [0.2, 0.25) is 5.91 Å². The monoisotopic (exact) mass is 164 g/mol. The van der Waals surface area contributed by atoms with Crippen LogP contribution in [-0.4, -0.2) is 23.9 Å². The number of hydrogen-bond acceptors (Lipinski definition) is 2. The molecule has 0 unspecified atom stereocenters. The van der Waals surface area contributed by atoms with Gasteiger partial charge in [0.15, 0.2) is 0 Å². The number of rotatable bonds is 1. The minimum absolute atomic E-state index is 0. The minimum Gasteiger partial charge on any atom is -0.459 e. The molecule has 1 heterocycles. The van der Waals surface area contributed by atoms with Crippen LogP contribution in [0, 0.1) is 13.0 Å². The fourth-order valence-corrected chi connectivity index (χ4v) is 1.22. The summed E-state index contributed by atoms with van der Waals surface area (Å²) in [5, 5.41) is 0. The Morgan fingerprint density at radius 3 is 2.27 bits per heavy atom. The quantitative estimate of drug-likeness (QED) is 0.331. The zero-order valence-corrected chi connectivity index (χ0v) is 9.05. The first-order valence-corrected chi connectivity index (χ1v) is 3.55. The molecule has 1 rings (SSSR count). The molecule has 0 spiro atoms. The summed E-state index contributed by atoms with van der Waals surface area (Å²) < 4.78 is 0. The predicted octanol–water partition coefficient (Wildman–Crippen LogP) is -3.02. The minimum atomic E-state index is -0.159. The molecule has 3 nitrogen and oxygen atoms in total. The molecule has 1 aliphatic rings. The third-order valence-corrected chi connectivity index (χ3v) is 1.99. The summed E-state index contributed by atoms with van der Waals surface area (Å²) in [6.07, 6.45) is 1.75. The first-order valence-electron chi connectivity index (χ1n) is 3.55. The summed E-state index contributed by atoms with van der Waals surface area (Å²) in [4.78, 5) is 12.6. The van der Waals surface area contributed by atoms with Gasteiger partial charge in [-0.2, -0.15) is 0 Å². The molecule has 0 aromatic rings. The van der Waals surface area contributed by atoms with Crippen LogP contribution in [0.15, 0.2) is 0 Å². The van der Waals surface area contributed by atoms with E-state index in [1.807, 2.05) is 4.90 Å². The van der Waals surface area contributed by atoms with Gasteiger partial charge in [0, 0.05) is 5.92 Å². The molecule has 0 radical (unpaired) electrons. The Morgan fingerprint density at radius 1 is 1.45 bits per heavy atom. The van der Waals surface area contributed by atoms with Crippen molar-refractivity contribution in [2.45, 2.75) is 12.8 Å². The maximum absolute atomic E-state index is 10.6. The van der Waals surface area contributed by atoms with E-state index in [0.717, 1.165) is 25.9 Å². The molecule has 11 heavy (non-hydrogen) atoms. The first-order chi connectivity index (χ1) is 4.70. The van der Waals surface area contributed by atoms with Gasteiger partial charge < -0.3 is 10.6 Å². The number of primary amides is 1. The Hall–Kier alpha value is 0.430. The van der Waals surface area contributed by atoms with Gasteiger partial charge in [0.05, 0.1) is 0 Å². The van der Waals surface area contributed by atoms with Gasteiger partial charge in [-0.3, -0.25) is 11.8 Å². The second-order valence-corrected chi connectivity index (χ2v) is 2.79. The zero-order chi connectivity index (χ0) is 7.56. The second-order valence-electron chi connectivity index (χ2n) is 2.79. The molecule has 2 N–H and O–H groups in total. The second kappa shape index (κ2) is 5.14. The predicted molar refractivity (Wildman–Crippen MR) is 38.8 cm³/mol. The van der Waals surface area contributed by atoms with Crippen molar-refractivity contribution in [3.8, 4) is 0 Å². The molecule has 0 bridgehead atoms. The van der Waals surface area contributed by atoms with Crippen molar-refractivity contribution in [2.75, 3.05) is 13.1 Å². The number of carbonyl (C=O) groups excluding carboxylic acids is 1. The molecule has 0 aromatic carbocycles. The van der Waals surface area contributed by atoms with Crippen LogP contribution in [0.1, 0.15) is 12.8 Å². The van der Waals surface area contributed by atoms with Crippen LogP contribution < -0.4 is 35.3 Å². The third-order valence-electron chi connectivity index (χ3n) is 1.99. The number of carbonyl (C=O) groups is 1. The standard InChI is InChI=1S/C7H13N2O.Na/c1-9-4-2-6(3-5-9)7(8)10;/h6H,1-5H2,(H2,8,10);/q-1;+1. The van der Waals surface area contributed by atoms with Gasteiger partial charge in [0.1, 0.15) is 0 Å². The number of nitrogens with two attached hydrogens (primary N) is 1. The van der Waals surface area contributed by atoms with Gasteiger partial charge >= 0.3 is 29.6 Å². The smallest absolute Gasteiger partial charge is 0.459 e. The Balaban J connectivity index is 0.000001000. The van der Waals surface area contributed by atoms with E-state index in [1.165, 1.54) is 0 Å². The molecule has 58 valence electrons. The molecular formula is C7H13N2NaO. The van der Waals surface area contributed by atoms with Crippen LogP contribution in [0.2, 0.25) is 0 Å². The number of likely N-dealkylation sites (tertiary alicyclic amines) is 1. The van der Waals surface area contributed by atoms with E-state index >= 15 is 0 Å². The molecule has 1 fully saturated rings. The van der Waals surface area contributed by atoms with E-state index in [2.05, 4.69) is 7.05 Å². The molecule has 1 amide bonds. The van der Waals surface area contributed by atoms with Gasteiger partial charge in [-0.25, -0.2) is 0 Å². The van der Waals surface area contributed by atoms with Crippen LogP contribution in [0.3, 0.4) is 0 Å². The van der Waals surface area contributed by atoms with E-state index in [0.29, 0.717) is 0 Å². The van der Waals surface area contributed by atoms with Gasteiger partial charge in [-0.1, -0.05) is 0 Å². The van der Waals surface area contributed by atoms with Crippen LogP contribution >= 0.6 is 0 Å². The number of hydrogen-bond donors (Lipinski definition) is 1. The number of nitrogens with zero attached hydrogens (tertiary/aromatic N) is 1. The third kappa shape index (κ3) is 3.56. The number of amides is 1. The fraction of sp³-hybridized carbons (Fsp3) is 0.714. The normalized spacial score (nSPS) is 20.8. The Labute approximate surface area is 89.6 Å². The average Bonchev–Trinajstić information content (AvgIpc) is 1.88. The summed E-state index contributed by atoms with van der Waals surface area (Å²) >= 11 is 0. The van der Waals surface area contributed by atoms with Gasteiger partial charge in [-0.05, 0) is 25.9 Å². The molecular weight excluding hydrogens is 151 g/mol. The molecule has 0 atom stereocenters. The van der Waals surface area contributed by atoms with Crippen molar-refractivity contribution in [3.63, 3.8) is 0 Å². The maximum atomic E-state index is 10.6. The van der Waals surface area contributed by atoms with Gasteiger partial charge in [0.25, 0.3) is 0 Å². The number of piperidine rings is 1. The van der Waals surface area contributed by atoms with E-state index in [9.17, 15) is 4.79 Å². The average molecular weight is 164 g/mol. The summed E-state index contributed by atoms with van der Waals surface area (Å²) in [6.45, 7) is 1.79. The Kier molecular flexibility index (Phi) is 5.34. The SMILES string of the molecule is [CH2-]N1CCC(C(N)=O)CC1.[Na+]. The first kappa shape index (κ1) is 11.4. The van der Waals surface area contributed by atoms with Crippen LogP contribution in [0.25, 0.3) is 0 Å². The molecule has 0 aromatic heterocycles. The molecule has 0 saturated carbocycles. The molecule has 1 saturated heterocycles. The topological polar surface area (TPSA) is 46.3 Å². The summed E-state index contributed by atoms with van der Waals surface area (Å²) in [5.41, 5.74) is 5.13. The van der Waals surface area contributed by atoms with Crippen LogP contribution in [0.5, 0.6) is 0 Å². The van der Waals surface area contributed by atoms with Gasteiger partial charge in [-0.15, -0.1) is 0 Å². The van der Waals surface area contributed by atoms with Crippen molar-refractivity contribution in [2.24, 2.45) is 11.7 Å². The molecule has 1 aliphatic heterocycles. The van der Waals surface area contributed by atoms with Crippen LogP contribution in [-0.2, 0) is 4.79 Å².